The van der Waals surface area contributed by atoms with Crippen molar-refractivity contribution in [1.82, 2.24) is 5.32 Å². The van der Waals surface area contributed by atoms with Crippen molar-refractivity contribution in [3.63, 3.8) is 0 Å². The standard InChI is InChI=1S/C17H23NO/c1-4-13-7-9-14(10-8-13)16-11-12-17(19-16)15(5-2)18-6-3/h7-12,15,18H,4-6H2,1-3H3. The van der Waals surface area contributed by atoms with Crippen LogP contribution >= 0.6 is 0 Å². The predicted octanol–water partition coefficient (Wildman–Crippen LogP) is 4.57. The minimum Gasteiger partial charge on any atom is -0.459 e. The van der Waals surface area contributed by atoms with Crippen LogP contribution in [0, 0.1) is 0 Å². The Balaban J connectivity index is 2.19. The van der Waals surface area contributed by atoms with Crippen LogP contribution in [-0.2, 0) is 6.42 Å². The normalized spacial score (nSPS) is 12.6. The van der Waals surface area contributed by atoms with Gasteiger partial charge in [-0.2, -0.15) is 0 Å². The summed E-state index contributed by atoms with van der Waals surface area (Å²) in [5.41, 5.74) is 2.50. The summed E-state index contributed by atoms with van der Waals surface area (Å²) < 4.78 is 5.99. The lowest BCUT2D eigenvalue weighted by Gasteiger charge is -2.12. The average Bonchev–Trinajstić information content (AvgIpc) is 2.94. The van der Waals surface area contributed by atoms with E-state index in [4.69, 9.17) is 4.42 Å². The van der Waals surface area contributed by atoms with Gasteiger partial charge in [-0.3, -0.25) is 0 Å². The average molecular weight is 257 g/mol. The SMILES string of the molecule is CCNC(CC)c1ccc(-c2ccc(CC)cc2)o1. The lowest BCUT2D eigenvalue weighted by molar-refractivity contribution is 0.417. The van der Waals surface area contributed by atoms with Gasteiger partial charge in [0.1, 0.15) is 11.5 Å². The molecular formula is C17H23NO. The molecule has 0 saturated carbocycles. The highest BCUT2D eigenvalue weighted by atomic mass is 16.3. The Bertz CT molecular complexity index is 498. The van der Waals surface area contributed by atoms with Crippen LogP contribution in [0.5, 0.6) is 0 Å². The third-order valence-electron chi connectivity index (χ3n) is 3.48. The molecule has 2 aromatic rings. The lowest BCUT2D eigenvalue weighted by atomic mass is 10.1. The highest BCUT2D eigenvalue weighted by Crippen LogP contribution is 2.27. The van der Waals surface area contributed by atoms with E-state index in [9.17, 15) is 0 Å². The smallest absolute Gasteiger partial charge is 0.134 e. The van der Waals surface area contributed by atoms with Crippen LogP contribution < -0.4 is 5.32 Å². The van der Waals surface area contributed by atoms with Crippen LogP contribution in [0.4, 0.5) is 0 Å². The molecule has 1 aromatic carbocycles. The molecule has 1 aromatic heterocycles. The molecule has 0 radical (unpaired) electrons. The molecule has 1 unspecified atom stereocenters. The molecule has 1 atom stereocenters. The zero-order chi connectivity index (χ0) is 13.7. The lowest BCUT2D eigenvalue weighted by Crippen LogP contribution is -2.19. The van der Waals surface area contributed by atoms with Gasteiger partial charge in [-0.15, -0.1) is 0 Å². The van der Waals surface area contributed by atoms with E-state index in [-0.39, 0.29) is 0 Å². The van der Waals surface area contributed by atoms with Crippen molar-refractivity contribution < 1.29 is 4.42 Å². The van der Waals surface area contributed by atoms with Gasteiger partial charge in [0.25, 0.3) is 0 Å². The third-order valence-corrected chi connectivity index (χ3v) is 3.48. The van der Waals surface area contributed by atoms with Gasteiger partial charge in [0.05, 0.1) is 6.04 Å². The van der Waals surface area contributed by atoms with E-state index in [0.29, 0.717) is 6.04 Å². The Hall–Kier alpha value is -1.54. The van der Waals surface area contributed by atoms with E-state index in [1.165, 1.54) is 5.56 Å². The van der Waals surface area contributed by atoms with Crippen LogP contribution in [0.1, 0.15) is 44.6 Å². The largest absolute Gasteiger partial charge is 0.459 e. The number of aryl methyl sites for hydroxylation is 1. The summed E-state index contributed by atoms with van der Waals surface area (Å²) in [5.74, 6) is 1.98. The Morgan fingerprint density at radius 1 is 1.00 bits per heavy atom. The van der Waals surface area contributed by atoms with Crippen LogP contribution in [0.2, 0.25) is 0 Å². The van der Waals surface area contributed by atoms with Gasteiger partial charge in [-0.05, 0) is 37.1 Å². The minimum atomic E-state index is 0.314. The third kappa shape index (κ3) is 3.27. The topological polar surface area (TPSA) is 25.2 Å². The van der Waals surface area contributed by atoms with Crippen LogP contribution in [-0.4, -0.2) is 6.54 Å². The first-order valence-electron chi connectivity index (χ1n) is 7.20. The molecule has 1 N–H and O–H groups in total. The van der Waals surface area contributed by atoms with E-state index in [1.807, 2.05) is 0 Å². The van der Waals surface area contributed by atoms with E-state index < -0.39 is 0 Å². The molecule has 0 saturated heterocycles. The van der Waals surface area contributed by atoms with E-state index in [2.05, 4.69) is 62.5 Å². The van der Waals surface area contributed by atoms with Crippen LogP contribution in [0.15, 0.2) is 40.8 Å². The summed E-state index contributed by atoms with van der Waals surface area (Å²) in [7, 11) is 0. The molecule has 0 spiro atoms. The molecular weight excluding hydrogens is 234 g/mol. The van der Waals surface area contributed by atoms with Gasteiger partial charge >= 0.3 is 0 Å². The van der Waals surface area contributed by atoms with E-state index >= 15 is 0 Å². The maximum atomic E-state index is 5.99. The summed E-state index contributed by atoms with van der Waals surface area (Å²) in [5, 5.41) is 3.44. The number of hydrogen-bond acceptors (Lipinski definition) is 2. The highest BCUT2D eigenvalue weighted by molar-refractivity contribution is 5.58. The summed E-state index contributed by atoms with van der Waals surface area (Å²) in [6, 6.07) is 13.1. The molecule has 0 amide bonds. The van der Waals surface area contributed by atoms with Crippen molar-refractivity contribution in [2.75, 3.05) is 6.54 Å². The molecule has 0 fully saturated rings. The fourth-order valence-corrected chi connectivity index (χ4v) is 2.29. The van der Waals surface area contributed by atoms with Crippen molar-refractivity contribution in [2.45, 2.75) is 39.7 Å². The molecule has 1 heterocycles. The van der Waals surface area contributed by atoms with Gasteiger partial charge < -0.3 is 9.73 Å². The van der Waals surface area contributed by atoms with Gasteiger partial charge in [-0.1, -0.05) is 45.0 Å². The van der Waals surface area contributed by atoms with E-state index in [0.717, 1.165) is 36.5 Å². The monoisotopic (exact) mass is 257 g/mol. The van der Waals surface area contributed by atoms with Gasteiger partial charge in [-0.25, -0.2) is 0 Å². The van der Waals surface area contributed by atoms with Crippen molar-refractivity contribution in [1.29, 1.82) is 0 Å². The number of rotatable bonds is 6. The van der Waals surface area contributed by atoms with Crippen molar-refractivity contribution in [3.05, 3.63) is 47.7 Å². The molecule has 2 nitrogen and oxygen atoms in total. The first-order chi connectivity index (χ1) is 9.28. The molecule has 0 aliphatic rings. The summed E-state index contributed by atoms with van der Waals surface area (Å²) >= 11 is 0. The van der Waals surface area contributed by atoms with E-state index in [1.54, 1.807) is 0 Å². The molecule has 0 aliphatic heterocycles. The first kappa shape index (κ1) is 13.9. The summed E-state index contributed by atoms with van der Waals surface area (Å²) in [6.07, 6.45) is 2.11. The molecule has 19 heavy (non-hydrogen) atoms. The second-order valence-electron chi connectivity index (χ2n) is 4.77. The van der Waals surface area contributed by atoms with Crippen molar-refractivity contribution in [2.24, 2.45) is 0 Å². The summed E-state index contributed by atoms with van der Waals surface area (Å²) in [6.45, 7) is 7.42. The van der Waals surface area contributed by atoms with Crippen LogP contribution in [0.25, 0.3) is 11.3 Å². The molecule has 0 aliphatic carbocycles. The number of benzene rings is 1. The molecule has 102 valence electrons. The molecule has 0 bridgehead atoms. The number of nitrogens with one attached hydrogen (secondary N) is 1. The van der Waals surface area contributed by atoms with Crippen molar-refractivity contribution in [3.8, 4) is 11.3 Å². The maximum Gasteiger partial charge on any atom is 0.134 e. The quantitative estimate of drug-likeness (QED) is 0.820. The Morgan fingerprint density at radius 2 is 1.74 bits per heavy atom. The maximum absolute atomic E-state index is 5.99. The predicted molar refractivity (Wildman–Crippen MR) is 80.2 cm³/mol. The van der Waals surface area contributed by atoms with Gasteiger partial charge in [0, 0.05) is 5.56 Å². The first-order valence-corrected chi connectivity index (χ1v) is 7.20. The fraction of sp³-hybridized carbons (Fsp3) is 0.412. The second-order valence-corrected chi connectivity index (χ2v) is 4.77. The molecule has 2 heteroatoms. The second kappa shape index (κ2) is 6.58. The Morgan fingerprint density at radius 3 is 2.32 bits per heavy atom. The Kier molecular flexibility index (Phi) is 4.80. The summed E-state index contributed by atoms with van der Waals surface area (Å²) in [4.78, 5) is 0. The van der Waals surface area contributed by atoms with Crippen molar-refractivity contribution >= 4 is 0 Å². The number of furan rings is 1. The van der Waals surface area contributed by atoms with Gasteiger partial charge in [0.2, 0.25) is 0 Å². The minimum absolute atomic E-state index is 0.314. The fourth-order valence-electron chi connectivity index (χ4n) is 2.29. The Labute approximate surface area is 115 Å². The molecule has 2 rings (SSSR count). The van der Waals surface area contributed by atoms with Gasteiger partial charge in [0.15, 0.2) is 0 Å². The van der Waals surface area contributed by atoms with Crippen LogP contribution in [0.3, 0.4) is 0 Å². The highest BCUT2D eigenvalue weighted by Gasteiger charge is 2.13. The zero-order valence-electron chi connectivity index (χ0n) is 12.1. The zero-order valence-corrected chi connectivity index (χ0v) is 12.1. The number of hydrogen-bond donors (Lipinski definition) is 1.